The van der Waals surface area contributed by atoms with Gasteiger partial charge in [-0.1, -0.05) is 57.9 Å². The van der Waals surface area contributed by atoms with Gasteiger partial charge in [-0.15, -0.1) is 0 Å². The van der Waals surface area contributed by atoms with E-state index in [0.29, 0.717) is 36.7 Å². The fraction of sp³-hybridized carbons (Fsp3) is 0.0800. The summed E-state index contributed by atoms with van der Waals surface area (Å²) < 4.78 is 6.98. The van der Waals surface area contributed by atoms with Crippen molar-refractivity contribution in [3.8, 4) is 11.8 Å². The molecule has 0 aliphatic heterocycles. The summed E-state index contributed by atoms with van der Waals surface area (Å²) >= 11 is 12.9. The van der Waals surface area contributed by atoms with Crippen LogP contribution < -0.4 is 15.4 Å². The first-order valence-corrected chi connectivity index (χ1v) is 11.9. The minimum absolute atomic E-state index is 0.126. The lowest BCUT2D eigenvalue weighted by atomic mass is 10.1. The third-order valence-electron chi connectivity index (χ3n) is 4.59. The maximum atomic E-state index is 12.7. The van der Waals surface area contributed by atoms with Gasteiger partial charge >= 0.3 is 0 Å². The van der Waals surface area contributed by atoms with Gasteiger partial charge in [-0.2, -0.15) is 5.26 Å². The van der Waals surface area contributed by atoms with E-state index < -0.39 is 11.8 Å². The Labute approximate surface area is 218 Å². The predicted octanol–water partition coefficient (Wildman–Crippen LogP) is 6.74. The Morgan fingerprint density at radius 3 is 2.41 bits per heavy atom. The number of carbonyl (C=O) groups excluding carboxylic acids is 2. The Balaban J connectivity index is 1.82. The van der Waals surface area contributed by atoms with Crippen molar-refractivity contribution in [2.24, 2.45) is 0 Å². The molecule has 0 heterocycles. The van der Waals surface area contributed by atoms with Gasteiger partial charge < -0.3 is 15.4 Å². The van der Waals surface area contributed by atoms with Crippen LogP contribution in [-0.2, 0) is 9.59 Å². The summed E-state index contributed by atoms with van der Waals surface area (Å²) in [6.07, 6.45) is 1.41. The summed E-state index contributed by atoms with van der Waals surface area (Å²) in [4.78, 5) is 25.1. The number of anilines is 2. The lowest BCUT2D eigenvalue weighted by molar-refractivity contribution is -0.118. The molecule has 0 spiro atoms. The number of amides is 2. The maximum absolute atomic E-state index is 12.7. The zero-order valence-corrected chi connectivity index (χ0v) is 21.8. The summed E-state index contributed by atoms with van der Waals surface area (Å²) in [7, 11) is 0. The largest absolute Gasteiger partial charge is 0.482 e. The van der Waals surface area contributed by atoms with E-state index in [-0.39, 0.29) is 12.2 Å². The molecule has 2 N–H and O–H groups in total. The first-order chi connectivity index (χ1) is 16.3. The van der Waals surface area contributed by atoms with E-state index in [0.717, 1.165) is 5.56 Å². The average molecular weight is 604 g/mol. The van der Waals surface area contributed by atoms with Gasteiger partial charge in [-0.05, 0) is 64.8 Å². The third kappa shape index (κ3) is 6.70. The first-order valence-electron chi connectivity index (χ1n) is 9.93. The third-order valence-corrected chi connectivity index (χ3v) is 5.97. The standard InChI is InChI=1S/C25H18Br2ClN3O3/c1-15-6-2-4-8-21(15)31-25(33)17(13-29)10-16-11-18(26)12-19(27)24(16)34-14-23(32)30-22-9-5-3-7-20(22)28/h2-12H,14H2,1H3,(H,30,32)(H,31,33)/b17-10-. The summed E-state index contributed by atoms with van der Waals surface area (Å²) in [6.45, 7) is 1.54. The number of ether oxygens (including phenoxy) is 1. The van der Waals surface area contributed by atoms with Crippen LogP contribution in [0.2, 0.25) is 5.02 Å². The molecule has 9 heteroatoms. The predicted molar refractivity (Wildman–Crippen MR) is 141 cm³/mol. The molecule has 172 valence electrons. The lowest BCUT2D eigenvalue weighted by Crippen LogP contribution is -2.20. The van der Waals surface area contributed by atoms with E-state index in [2.05, 4.69) is 42.5 Å². The highest BCUT2D eigenvalue weighted by atomic mass is 79.9. The van der Waals surface area contributed by atoms with Crippen molar-refractivity contribution >= 4 is 72.7 Å². The molecule has 3 rings (SSSR count). The Morgan fingerprint density at radius 2 is 1.74 bits per heavy atom. The van der Waals surface area contributed by atoms with E-state index in [1.165, 1.54) is 6.08 Å². The zero-order chi connectivity index (χ0) is 24.7. The molecule has 0 bridgehead atoms. The van der Waals surface area contributed by atoms with Crippen LogP contribution in [0.1, 0.15) is 11.1 Å². The normalized spacial score (nSPS) is 10.9. The molecule has 0 aliphatic carbocycles. The van der Waals surface area contributed by atoms with Gasteiger partial charge in [0.2, 0.25) is 0 Å². The Kier molecular flexibility index (Phi) is 8.88. The summed E-state index contributed by atoms with van der Waals surface area (Å²) in [5.41, 5.74) is 2.25. The average Bonchev–Trinajstić information content (AvgIpc) is 2.79. The van der Waals surface area contributed by atoms with Crippen LogP contribution >= 0.6 is 43.5 Å². The highest BCUT2D eigenvalue weighted by Gasteiger charge is 2.16. The summed E-state index contributed by atoms with van der Waals surface area (Å²) in [5, 5.41) is 15.5. The van der Waals surface area contributed by atoms with E-state index in [1.807, 2.05) is 25.1 Å². The van der Waals surface area contributed by atoms with E-state index >= 15 is 0 Å². The van der Waals surface area contributed by atoms with E-state index in [1.54, 1.807) is 48.5 Å². The minimum atomic E-state index is -0.560. The van der Waals surface area contributed by atoms with Crippen molar-refractivity contribution in [2.45, 2.75) is 6.92 Å². The monoisotopic (exact) mass is 601 g/mol. The molecule has 0 aromatic heterocycles. The highest BCUT2D eigenvalue weighted by Crippen LogP contribution is 2.34. The minimum Gasteiger partial charge on any atom is -0.482 e. The summed E-state index contributed by atoms with van der Waals surface area (Å²) in [5.74, 6) is -0.681. The van der Waals surface area contributed by atoms with Crippen molar-refractivity contribution in [3.05, 3.63) is 91.3 Å². The van der Waals surface area contributed by atoms with Crippen molar-refractivity contribution in [2.75, 3.05) is 17.2 Å². The number of rotatable bonds is 7. The number of hydrogen-bond donors (Lipinski definition) is 2. The molecule has 0 fully saturated rings. The molecule has 0 radical (unpaired) electrons. The molecule has 0 unspecified atom stereocenters. The van der Waals surface area contributed by atoms with Crippen LogP contribution in [0.4, 0.5) is 11.4 Å². The lowest BCUT2D eigenvalue weighted by Gasteiger charge is -2.13. The zero-order valence-electron chi connectivity index (χ0n) is 17.9. The van der Waals surface area contributed by atoms with Crippen LogP contribution in [0, 0.1) is 18.3 Å². The second kappa shape index (κ2) is 11.8. The summed E-state index contributed by atoms with van der Waals surface area (Å²) in [6, 6.07) is 19.5. The molecule has 3 aromatic carbocycles. The fourth-order valence-corrected chi connectivity index (χ4v) is 4.49. The Bertz CT molecular complexity index is 1320. The van der Waals surface area contributed by atoms with Gasteiger partial charge in [-0.25, -0.2) is 0 Å². The maximum Gasteiger partial charge on any atom is 0.266 e. The van der Waals surface area contributed by atoms with Gasteiger partial charge in [0, 0.05) is 15.7 Å². The van der Waals surface area contributed by atoms with Crippen LogP contribution in [0.25, 0.3) is 6.08 Å². The van der Waals surface area contributed by atoms with Crippen LogP contribution in [-0.4, -0.2) is 18.4 Å². The number of para-hydroxylation sites is 2. The van der Waals surface area contributed by atoms with Crippen LogP contribution in [0.5, 0.6) is 5.75 Å². The number of aryl methyl sites for hydroxylation is 1. The smallest absolute Gasteiger partial charge is 0.266 e. The number of nitriles is 1. The first kappa shape index (κ1) is 25.5. The number of halogens is 3. The molecule has 0 saturated carbocycles. The van der Waals surface area contributed by atoms with Crippen molar-refractivity contribution < 1.29 is 14.3 Å². The molecule has 6 nitrogen and oxygen atoms in total. The quantitative estimate of drug-likeness (QED) is 0.231. The number of nitrogens with zero attached hydrogens (tertiary/aromatic N) is 1. The molecule has 34 heavy (non-hydrogen) atoms. The Morgan fingerprint density at radius 1 is 1.06 bits per heavy atom. The fourth-order valence-electron chi connectivity index (χ4n) is 2.93. The number of hydrogen-bond acceptors (Lipinski definition) is 4. The van der Waals surface area contributed by atoms with Crippen molar-refractivity contribution in [1.82, 2.24) is 0 Å². The van der Waals surface area contributed by atoms with Gasteiger partial charge in [0.25, 0.3) is 11.8 Å². The number of benzene rings is 3. The van der Waals surface area contributed by atoms with Gasteiger partial charge in [0.1, 0.15) is 17.4 Å². The molecule has 0 atom stereocenters. The van der Waals surface area contributed by atoms with Crippen LogP contribution in [0.3, 0.4) is 0 Å². The highest BCUT2D eigenvalue weighted by molar-refractivity contribution is 9.11. The topological polar surface area (TPSA) is 91.2 Å². The SMILES string of the molecule is Cc1ccccc1NC(=O)/C(C#N)=C\c1cc(Br)cc(Br)c1OCC(=O)Nc1ccccc1Cl. The Hall–Kier alpha value is -3.12. The number of nitrogens with one attached hydrogen (secondary N) is 2. The second-order valence-electron chi connectivity index (χ2n) is 7.06. The van der Waals surface area contributed by atoms with E-state index in [4.69, 9.17) is 16.3 Å². The van der Waals surface area contributed by atoms with Gasteiger partial charge in [0.05, 0.1) is 15.2 Å². The molecule has 0 aliphatic rings. The van der Waals surface area contributed by atoms with Gasteiger partial charge in [-0.3, -0.25) is 9.59 Å². The van der Waals surface area contributed by atoms with Crippen molar-refractivity contribution in [1.29, 1.82) is 5.26 Å². The van der Waals surface area contributed by atoms with Crippen LogP contribution in [0.15, 0.2) is 75.2 Å². The molecule has 0 saturated heterocycles. The number of carbonyl (C=O) groups is 2. The molecule has 3 aromatic rings. The molecular weight excluding hydrogens is 586 g/mol. The second-order valence-corrected chi connectivity index (χ2v) is 9.24. The van der Waals surface area contributed by atoms with E-state index in [9.17, 15) is 14.9 Å². The molecular formula is C25H18Br2ClN3O3. The van der Waals surface area contributed by atoms with Crippen molar-refractivity contribution in [3.63, 3.8) is 0 Å². The molecule has 2 amide bonds. The van der Waals surface area contributed by atoms with Gasteiger partial charge in [0.15, 0.2) is 6.61 Å².